The summed E-state index contributed by atoms with van der Waals surface area (Å²) in [6.07, 6.45) is -10.7. The van der Waals surface area contributed by atoms with Gasteiger partial charge in [0.2, 0.25) is 0 Å². The van der Waals surface area contributed by atoms with Crippen LogP contribution in [0.25, 0.3) is 0 Å². The molecular formula is C7H3F6N3O2. The van der Waals surface area contributed by atoms with Gasteiger partial charge < -0.3 is 5.73 Å². The van der Waals surface area contributed by atoms with Crippen molar-refractivity contribution in [2.75, 3.05) is 5.73 Å². The maximum atomic E-state index is 12.3. The molecule has 0 unspecified atom stereocenters. The number of carbonyl (C=O) groups excluding carboxylic acids is 1. The second-order valence-corrected chi connectivity index (χ2v) is 2.98. The average molecular weight is 275 g/mol. The van der Waals surface area contributed by atoms with Gasteiger partial charge in [-0.3, -0.25) is 4.79 Å². The minimum Gasteiger partial charge on any atom is -0.384 e. The van der Waals surface area contributed by atoms with Crippen LogP contribution in [0.15, 0.2) is 11.0 Å². The van der Waals surface area contributed by atoms with Gasteiger partial charge in [-0.05, 0) is 0 Å². The summed E-state index contributed by atoms with van der Waals surface area (Å²) in [7, 11) is 0. The van der Waals surface area contributed by atoms with Gasteiger partial charge in [-0.25, -0.2) is 14.3 Å². The van der Waals surface area contributed by atoms with E-state index in [1.807, 2.05) is 0 Å². The Morgan fingerprint density at radius 1 is 1.22 bits per heavy atom. The number of rotatable bonds is 0. The van der Waals surface area contributed by atoms with Crippen molar-refractivity contribution in [3.05, 3.63) is 22.2 Å². The van der Waals surface area contributed by atoms with Crippen LogP contribution in [0.4, 0.5) is 32.2 Å². The molecule has 5 nitrogen and oxygen atoms in total. The van der Waals surface area contributed by atoms with Crippen molar-refractivity contribution >= 4 is 11.7 Å². The normalized spacial score (nSPS) is 12.6. The highest BCUT2D eigenvalue weighted by Gasteiger charge is 2.44. The summed E-state index contributed by atoms with van der Waals surface area (Å²) in [4.78, 5) is 24.2. The number of carbonyl (C=O) groups is 1. The van der Waals surface area contributed by atoms with Gasteiger partial charge in [-0.15, -0.1) is 0 Å². The molecule has 1 aromatic rings. The summed E-state index contributed by atoms with van der Waals surface area (Å²) in [6, 6.07) is 0. The zero-order chi connectivity index (χ0) is 14.3. The van der Waals surface area contributed by atoms with Gasteiger partial charge in [0.05, 0.1) is 0 Å². The van der Waals surface area contributed by atoms with Crippen LogP contribution in [-0.4, -0.2) is 21.6 Å². The number of nitrogen functional groups attached to an aromatic ring is 1. The number of nitrogens with two attached hydrogens (primary N) is 1. The summed E-state index contributed by atoms with van der Waals surface area (Å²) < 4.78 is 72.2. The van der Waals surface area contributed by atoms with E-state index in [9.17, 15) is 35.9 Å². The Morgan fingerprint density at radius 2 is 1.72 bits per heavy atom. The Morgan fingerprint density at radius 3 is 2.11 bits per heavy atom. The minimum atomic E-state index is -5.55. The second-order valence-electron chi connectivity index (χ2n) is 2.98. The molecule has 0 aliphatic heterocycles. The van der Waals surface area contributed by atoms with Crippen molar-refractivity contribution in [1.82, 2.24) is 9.55 Å². The molecule has 0 aliphatic rings. The molecular weight excluding hydrogens is 272 g/mol. The molecule has 0 amide bonds. The van der Waals surface area contributed by atoms with Crippen LogP contribution < -0.4 is 11.4 Å². The van der Waals surface area contributed by atoms with Gasteiger partial charge in [-0.2, -0.15) is 26.3 Å². The highest BCUT2D eigenvalue weighted by molar-refractivity contribution is 5.86. The van der Waals surface area contributed by atoms with E-state index in [1.165, 1.54) is 0 Å². The van der Waals surface area contributed by atoms with Crippen molar-refractivity contribution < 1.29 is 31.1 Å². The molecule has 11 heteroatoms. The van der Waals surface area contributed by atoms with Gasteiger partial charge in [0.25, 0.3) is 0 Å². The molecule has 0 spiro atoms. The molecule has 0 radical (unpaired) electrons. The van der Waals surface area contributed by atoms with E-state index in [-0.39, 0.29) is 6.20 Å². The molecule has 1 aromatic heterocycles. The lowest BCUT2D eigenvalue weighted by molar-refractivity contribution is -0.137. The molecule has 1 rings (SSSR count). The third-order valence-corrected chi connectivity index (χ3v) is 1.76. The first-order valence-electron chi connectivity index (χ1n) is 4.02. The average Bonchev–Trinajstić information content (AvgIpc) is 2.13. The summed E-state index contributed by atoms with van der Waals surface area (Å²) in [5.74, 6) is -4.51. The first-order valence-corrected chi connectivity index (χ1v) is 4.02. The Hall–Kier alpha value is -2.07. The Balaban J connectivity index is 3.56. The van der Waals surface area contributed by atoms with Crippen molar-refractivity contribution in [3.8, 4) is 0 Å². The van der Waals surface area contributed by atoms with Crippen LogP contribution in [0.3, 0.4) is 0 Å². The van der Waals surface area contributed by atoms with Crippen molar-refractivity contribution in [2.45, 2.75) is 12.4 Å². The predicted molar refractivity (Wildman–Crippen MR) is 44.6 cm³/mol. The molecule has 0 aliphatic carbocycles. The highest BCUT2D eigenvalue weighted by Crippen LogP contribution is 2.32. The SMILES string of the molecule is Nc1c(C(F)(F)F)cnc(=O)n1C(=O)C(F)(F)F. The first kappa shape index (κ1) is 14.0. The van der Waals surface area contributed by atoms with Gasteiger partial charge in [-0.1, -0.05) is 0 Å². The predicted octanol–water partition coefficient (Wildman–Crippen LogP) is 1.05. The first-order chi connectivity index (χ1) is 7.96. The quantitative estimate of drug-likeness (QED) is 0.718. The van der Waals surface area contributed by atoms with Gasteiger partial charge >= 0.3 is 23.9 Å². The van der Waals surface area contributed by atoms with Gasteiger partial charge in [0.1, 0.15) is 11.4 Å². The van der Waals surface area contributed by atoms with Gasteiger partial charge in [0.15, 0.2) is 0 Å². The summed E-state index contributed by atoms with van der Waals surface area (Å²) in [5.41, 5.74) is 1.10. The molecule has 1 heterocycles. The molecule has 100 valence electrons. The number of nitrogens with zero attached hydrogens (tertiary/aromatic N) is 2. The molecule has 0 atom stereocenters. The van der Waals surface area contributed by atoms with Crippen molar-refractivity contribution in [1.29, 1.82) is 0 Å². The van der Waals surface area contributed by atoms with Gasteiger partial charge in [0, 0.05) is 6.20 Å². The van der Waals surface area contributed by atoms with E-state index in [4.69, 9.17) is 5.73 Å². The Kier molecular flexibility index (Phi) is 3.11. The molecule has 0 bridgehead atoms. The number of aromatic nitrogens is 2. The Bertz CT molecular complexity index is 544. The van der Waals surface area contributed by atoms with Crippen LogP contribution in [0, 0.1) is 0 Å². The third kappa shape index (κ3) is 2.43. The van der Waals surface area contributed by atoms with E-state index < -0.39 is 39.9 Å². The zero-order valence-electron chi connectivity index (χ0n) is 8.13. The molecule has 18 heavy (non-hydrogen) atoms. The standard InChI is InChI=1S/C7H3F6N3O2/c8-6(9,10)2-1-15-5(18)16(3(2)14)4(17)7(11,12)13/h1H,14H2. The molecule has 0 saturated heterocycles. The van der Waals surface area contributed by atoms with E-state index in [1.54, 1.807) is 0 Å². The lowest BCUT2D eigenvalue weighted by Crippen LogP contribution is -2.40. The minimum absolute atomic E-state index is 0.0438. The molecule has 2 N–H and O–H groups in total. The largest absolute Gasteiger partial charge is 0.472 e. The van der Waals surface area contributed by atoms with Crippen LogP contribution in [0.1, 0.15) is 10.4 Å². The number of alkyl halides is 6. The van der Waals surface area contributed by atoms with Crippen molar-refractivity contribution in [2.24, 2.45) is 0 Å². The third-order valence-electron chi connectivity index (χ3n) is 1.76. The van der Waals surface area contributed by atoms with E-state index in [2.05, 4.69) is 4.98 Å². The fourth-order valence-electron chi connectivity index (χ4n) is 1.01. The Labute approximate surface area is 93.8 Å². The zero-order valence-corrected chi connectivity index (χ0v) is 8.13. The summed E-state index contributed by atoms with van der Waals surface area (Å²) >= 11 is 0. The van der Waals surface area contributed by atoms with Crippen LogP contribution in [0.2, 0.25) is 0 Å². The van der Waals surface area contributed by atoms with E-state index >= 15 is 0 Å². The summed E-state index contributed by atoms with van der Waals surface area (Å²) in [5, 5.41) is 0. The second kappa shape index (κ2) is 3.99. The fraction of sp³-hybridized carbons (Fsp3) is 0.286. The van der Waals surface area contributed by atoms with Crippen LogP contribution in [-0.2, 0) is 6.18 Å². The van der Waals surface area contributed by atoms with E-state index in [0.29, 0.717) is 0 Å². The number of halogens is 6. The topological polar surface area (TPSA) is 78.0 Å². The molecule has 0 saturated carbocycles. The number of hydrogen-bond acceptors (Lipinski definition) is 4. The van der Waals surface area contributed by atoms with E-state index in [0.717, 1.165) is 0 Å². The summed E-state index contributed by atoms with van der Waals surface area (Å²) in [6.45, 7) is 0. The van der Waals surface area contributed by atoms with Crippen LogP contribution in [0.5, 0.6) is 0 Å². The van der Waals surface area contributed by atoms with Crippen molar-refractivity contribution in [3.63, 3.8) is 0 Å². The fourth-order valence-corrected chi connectivity index (χ4v) is 1.01. The maximum Gasteiger partial charge on any atom is 0.472 e. The lowest BCUT2D eigenvalue weighted by Gasteiger charge is -2.14. The number of hydrogen-bond donors (Lipinski definition) is 1. The maximum absolute atomic E-state index is 12.3. The smallest absolute Gasteiger partial charge is 0.384 e. The lowest BCUT2D eigenvalue weighted by atomic mass is 10.3. The number of anilines is 1. The highest BCUT2D eigenvalue weighted by atomic mass is 19.4. The molecule has 0 fully saturated rings. The monoisotopic (exact) mass is 275 g/mol. The van der Waals surface area contributed by atoms with Crippen LogP contribution >= 0.6 is 0 Å². The molecule has 0 aromatic carbocycles.